The van der Waals surface area contributed by atoms with Crippen LogP contribution in [0.4, 0.5) is 0 Å². The summed E-state index contributed by atoms with van der Waals surface area (Å²) >= 11 is 0. The Bertz CT molecular complexity index is 477. The molecule has 3 nitrogen and oxygen atoms in total. The summed E-state index contributed by atoms with van der Waals surface area (Å²) < 4.78 is 5.90. The van der Waals surface area contributed by atoms with Crippen LogP contribution < -0.4 is 10.1 Å². The van der Waals surface area contributed by atoms with Crippen LogP contribution in [-0.4, -0.2) is 29.9 Å². The zero-order chi connectivity index (χ0) is 17.7. The van der Waals surface area contributed by atoms with Crippen molar-refractivity contribution in [2.45, 2.75) is 72.4 Å². The van der Waals surface area contributed by atoms with Crippen molar-refractivity contribution in [3.05, 3.63) is 29.8 Å². The molecular formula is C20H36NO2+. The Balaban J connectivity index is 2.56. The summed E-state index contributed by atoms with van der Waals surface area (Å²) in [7, 11) is 0. The molecule has 1 aromatic rings. The topological polar surface area (TPSA) is 46.1 Å². The molecule has 0 unspecified atom stereocenters. The molecule has 0 aliphatic rings. The number of nitrogens with two attached hydrogens (primary N) is 1. The molecule has 0 amide bonds. The molecule has 0 aromatic heterocycles. The maximum atomic E-state index is 10.3. The van der Waals surface area contributed by atoms with Crippen molar-refractivity contribution in [1.82, 2.24) is 0 Å². The highest BCUT2D eigenvalue weighted by molar-refractivity contribution is 5.35. The molecule has 0 fully saturated rings. The molecule has 0 bridgehead atoms. The number of quaternary nitrogens is 1. The van der Waals surface area contributed by atoms with Crippen LogP contribution in [0.5, 0.6) is 5.75 Å². The van der Waals surface area contributed by atoms with Gasteiger partial charge in [0.05, 0.1) is 5.54 Å². The molecule has 1 aromatic carbocycles. The normalized spacial score (nSPS) is 15.3. The highest BCUT2D eigenvalue weighted by Crippen LogP contribution is 2.28. The van der Waals surface area contributed by atoms with Gasteiger partial charge in [0, 0.05) is 5.41 Å². The third-order valence-electron chi connectivity index (χ3n) is 5.33. The molecule has 0 saturated heterocycles. The van der Waals surface area contributed by atoms with Crippen molar-refractivity contribution in [2.24, 2.45) is 5.41 Å². The van der Waals surface area contributed by atoms with Crippen LogP contribution >= 0.6 is 0 Å². The smallest absolute Gasteiger partial charge is 0.137 e. The molecule has 0 heterocycles. The van der Waals surface area contributed by atoms with Crippen LogP contribution in [-0.2, 0) is 0 Å². The molecule has 3 heteroatoms. The van der Waals surface area contributed by atoms with Gasteiger partial charge < -0.3 is 15.2 Å². The molecule has 132 valence electrons. The molecule has 0 aliphatic carbocycles. The molecule has 0 aliphatic heterocycles. The first-order valence-corrected chi connectivity index (χ1v) is 8.82. The summed E-state index contributed by atoms with van der Waals surface area (Å²) in [6, 6.07) is 8.15. The summed E-state index contributed by atoms with van der Waals surface area (Å²) in [6.45, 7) is 16.5. The first-order chi connectivity index (χ1) is 10.6. The predicted octanol–water partition coefficient (Wildman–Crippen LogP) is 3.33. The largest absolute Gasteiger partial charge is 0.490 e. The Hall–Kier alpha value is -1.06. The van der Waals surface area contributed by atoms with Crippen molar-refractivity contribution in [3.63, 3.8) is 0 Å². The van der Waals surface area contributed by atoms with E-state index < -0.39 is 6.10 Å². The van der Waals surface area contributed by atoms with Gasteiger partial charge in [0.2, 0.25) is 0 Å². The third kappa shape index (κ3) is 5.82. The highest BCUT2D eigenvalue weighted by atomic mass is 16.5. The SMILES string of the molecule is CC[C@H](C)c1ccccc1OC[C@H](O)C[NH2+]C(C)(C)C(C)(C)C. The van der Waals surface area contributed by atoms with Crippen LogP contribution in [0.15, 0.2) is 24.3 Å². The van der Waals surface area contributed by atoms with E-state index in [-0.39, 0.29) is 11.0 Å². The van der Waals surface area contributed by atoms with Gasteiger partial charge in [-0.15, -0.1) is 0 Å². The molecular weight excluding hydrogens is 286 g/mol. The average molecular weight is 323 g/mol. The molecule has 3 N–H and O–H groups in total. The van der Waals surface area contributed by atoms with Crippen LogP contribution in [0.3, 0.4) is 0 Å². The van der Waals surface area contributed by atoms with Crippen molar-refractivity contribution in [3.8, 4) is 5.75 Å². The maximum Gasteiger partial charge on any atom is 0.137 e. The van der Waals surface area contributed by atoms with Gasteiger partial charge in [0.1, 0.15) is 25.0 Å². The first-order valence-electron chi connectivity index (χ1n) is 8.82. The fraction of sp³-hybridized carbons (Fsp3) is 0.700. The summed E-state index contributed by atoms with van der Waals surface area (Å²) in [5, 5.41) is 12.5. The fourth-order valence-corrected chi connectivity index (χ4v) is 2.23. The monoisotopic (exact) mass is 322 g/mol. The lowest BCUT2D eigenvalue weighted by Crippen LogP contribution is -2.99. The van der Waals surface area contributed by atoms with E-state index in [1.807, 2.05) is 18.2 Å². The second-order valence-corrected chi connectivity index (χ2v) is 8.22. The Morgan fingerprint density at radius 2 is 1.74 bits per heavy atom. The Morgan fingerprint density at radius 1 is 1.13 bits per heavy atom. The first kappa shape index (κ1) is 20.0. The standard InChI is InChI=1S/C20H35NO2/c1-8-15(2)17-11-9-10-12-18(17)23-14-16(22)13-21-20(6,7)19(3,4)5/h9-12,15-16,21-22H,8,13-14H2,1-7H3/p+1/t15-,16+/m0/s1. The number of ether oxygens (including phenoxy) is 1. The van der Waals surface area contributed by atoms with Gasteiger partial charge in [0.25, 0.3) is 0 Å². The summed E-state index contributed by atoms with van der Waals surface area (Å²) in [5.41, 5.74) is 1.47. The van der Waals surface area contributed by atoms with E-state index in [9.17, 15) is 5.11 Å². The summed E-state index contributed by atoms with van der Waals surface area (Å²) in [6.07, 6.45) is 0.609. The molecule has 0 radical (unpaired) electrons. The van der Waals surface area contributed by atoms with Crippen molar-refractivity contribution < 1.29 is 15.2 Å². The minimum Gasteiger partial charge on any atom is -0.490 e. The lowest BCUT2D eigenvalue weighted by Gasteiger charge is -2.36. The van der Waals surface area contributed by atoms with Crippen LogP contribution in [0.2, 0.25) is 0 Å². The van der Waals surface area contributed by atoms with Crippen molar-refractivity contribution in [1.29, 1.82) is 0 Å². The van der Waals surface area contributed by atoms with Gasteiger partial charge in [-0.25, -0.2) is 0 Å². The summed E-state index contributed by atoms with van der Waals surface area (Å²) in [4.78, 5) is 0. The van der Waals surface area contributed by atoms with Crippen LogP contribution in [0.25, 0.3) is 0 Å². The van der Waals surface area contributed by atoms with E-state index in [1.165, 1.54) is 5.56 Å². The Morgan fingerprint density at radius 3 is 2.30 bits per heavy atom. The minimum atomic E-state index is -0.471. The highest BCUT2D eigenvalue weighted by Gasteiger charge is 2.36. The number of hydrogen-bond donors (Lipinski definition) is 2. The number of aliphatic hydroxyl groups is 1. The van der Waals surface area contributed by atoms with Crippen molar-refractivity contribution >= 4 is 0 Å². The maximum absolute atomic E-state index is 10.3. The number of aliphatic hydroxyl groups excluding tert-OH is 1. The second kappa shape index (κ2) is 8.16. The number of rotatable bonds is 8. The van der Waals surface area contributed by atoms with E-state index in [1.54, 1.807) is 0 Å². The van der Waals surface area contributed by atoms with Crippen LogP contribution in [0.1, 0.15) is 66.4 Å². The van der Waals surface area contributed by atoms with Gasteiger partial charge in [-0.1, -0.05) is 52.8 Å². The van der Waals surface area contributed by atoms with E-state index >= 15 is 0 Å². The minimum absolute atomic E-state index is 0.0720. The van der Waals surface area contributed by atoms with E-state index in [0.29, 0.717) is 19.1 Å². The van der Waals surface area contributed by atoms with Gasteiger partial charge in [-0.2, -0.15) is 0 Å². The van der Waals surface area contributed by atoms with E-state index in [2.05, 4.69) is 59.8 Å². The lowest BCUT2D eigenvalue weighted by molar-refractivity contribution is -0.738. The quantitative estimate of drug-likeness (QED) is 0.771. The van der Waals surface area contributed by atoms with Crippen molar-refractivity contribution in [2.75, 3.05) is 13.2 Å². The molecule has 1 rings (SSSR count). The summed E-state index contributed by atoms with van der Waals surface area (Å²) in [5.74, 6) is 1.37. The molecule has 0 spiro atoms. The Labute approximate surface area is 142 Å². The second-order valence-electron chi connectivity index (χ2n) is 8.22. The lowest BCUT2D eigenvalue weighted by atomic mass is 9.76. The Kier molecular flexibility index (Phi) is 7.09. The molecule has 0 saturated carbocycles. The van der Waals surface area contributed by atoms with Gasteiger partial charge in [0.15, 0.2) is 0 Å². The van der Waals surface area contributed by atoms with Gasteiger partial charge in [-0.3, -0.25) is 0 Å². The zero-order valence-electron chi connectivity index (χ0n) is 16.0. The number of para-hydroxylation sites is 1. The zero-order valence-corrected chi connectivity index (χ0v) is 16.0. The predicted molar refractivity (Wildman–Crippen MR) is 97.0 cm³/mol. The van der Waals surface area contributed by atoms with Gasteiger partial charge in [-0.05, 0) is 37.8 Å². The average Bonchev–Trinajstić information content (AvgIpc) is 2.49. The van der Waals surface area contributed by atoms with E-state index in [0.717, 1.165) is 12.2 Å². The van der Waals surface area contributed by atoms with Gasteiger partial charge >= 0.3 is 0 Å². The molecule has 2 atom stereocenters. The van der Waals surface area contributed by atoms with Crippen LogP contribution in [0, 0.1) is 5.41 Å². The number of hydrogen-bond acceptors (Lipinski definition) is 2. The third-order valence-corrected chi connectivity index (χ3v) is 5.33. The molecule has 23 heavy (non-hydrogen) atoms. The van der Waals surface area contributed by atoms with E-state index in [4.69, 9.17) is 4.74 Å². The number of benzene rings is 1. The fourth-order valence-electron chi connectivity index (χ4n) is 2.23.